The van der Waals surface area contributed by atoms with Crippen LogP contribution in [0.5, 0.6) is 11.5 Å². The van der Waals surface area contributed by atoms with Crippen molar-refractivity contribution in [1.82, 2.24) is 9.97 Å². The molecule has 7 nitrogen and oxygen atoms in total. The van der Waals surface area contributed by atoms with Crippen LogP contribution in [-0.2, 0) is 4.79 Å². The molecule has 36 heavy (non-hydrogen) atoms. The lowest BCUT2D eigenvalue weighted by atomic mass is 10.1. The molecule has 3 aromatic carbocycles. The first-order valence-corrected chi connectivity index (χ1v) is 11.2. The Labute approximate surface area is 208 Å². The third kappa shape index (κ3) is 5.36. The van der Waals surface area contributed by atoms with Crippen LogP contribution >= 0.6 is 0 Å². The van der Waals surface area contributed by atoms with Gasteiger partial charge in [-0.1, -0.05) is 12.1 Å². The number of carbonyl (C=O) groups is 1. The van der Waals surface area contributed by atoms with Gasteiger partial charge < -0.3 is 19.8 Å². The first kappa shape index (κ1) is 24.5. The number of imidazole rings is 1. The number of aromatic amines is 1. The van der Waals surface area contributed by atoms with E-state index >= 15 is 0 Å². The Morgan fingerprint density at radius 3 is 2.61 bits per heavy atom. The van der Waals surface area contributed by atoms with Crippen molar-refractivity contribution in [3.8, 4) is 17.6 Å². The number of anilines is 1. The summed E-state index contributed by atoms with van der Waals surface area (Å²) in [5, 5.41) is 12.4. The largest absolute Gasteiger partial charge is 0.493 e. The number of amides is 1. The number of allylic oxidation sites excluding steroid dienone is 1. The van der Waals surface area contributed by atoms with Gasteiger partial charge in [0.15, 0.2) is 18.1 Å². The van der Waals surface area contributed by atoms with Crippen molar-refractivity contribution in [3.05, 3.63) is 82.4 Å². The van der Waals surface area contributed by atoms with Gasteiger partial charge in [0.25, 0.3) is 5.91 Å². The third-order valence-corrected chi connectivity index (χ3v) is 5.80. The highest BCUT2D eigenvalue weighted by atomic mass is 19.1. The topological polar surface area (TPSA) is 100 Å². The van der Waals surface area contributed by atoms with Crippen LogP contribution in [0.15, 0.2) is 48.5 Å². The lowest BCUT2D eigenvalue weighted by Crippen LogP contribution is -2.21. The van der Waals surface area contributed by atoms with Crippen LogP contribution in [0.1, 0.15) is 28.1 Å². The fourth-order valence-electron chi connectivity index (χ4n) is 3.67. The van der Waals surface area contributed by atoms with E-state index in [9.17, 15) is 14.4 Å². The quantitative estimate of drug-likeness (QED) is 0.327. The first-order valence-electron chi connectivity index (χ1n) is 11.2. The van der Waals surface area contributed by atoms with Crippen LogP contribution in [0.3, 0.4) is 0 Å². The van der Waals surface area contributed by atoms with Crippen molar-refractivity contribution in [2.24, 2.45) is 0 Å². The molecule has 182 valence electrons. The molecule has 0 radical (unpaired) electrons. The Balaban J connectivity index is 1.51. The van der Waals surface area contributed by atoms with E-state index in [1.165, 1.54) is 19.2 Å². The minimum absolute atomic E-state index is 0.289. The highest BCUT2D eigenvalue weighted by Crippen LogP contribution is 2.30. The summed E-state index contributed by atoms with van der Waals surface area (Å²) in [6.07, 6.45) is 1.70. The standard InChI is InChI=1S/C28H25FN4O3/c1-16-5-7-21(29)13-22(16)31-27(34)15-36-25-8-6-19(12-26(25)35-4)11-20(14-30)28-32-23-9-17(2)18(3)10-24(23)33-28/h5-13H,15H2,1-4H3,(H,31,34)(H,32,33)/b20-11+. The number of aryl methyl sites for hydroxylation is 3. The van der Waals surface area contributed by atoms with Crippen molar-refractivity contribution < 1.29 is 18.7 Å². The molecule has 0 aliphatic heterocycles. The van der Waals surface area contributed by atoms with E-state index in [2.05, 4.69) is 21.4 Å². The second-order valence-electron chi connectivity index (χ2n) is 8.42. The molecule has 0 saturated carbocycles. The maximum Gasteiger partial charge on any atom is 0.262 e. The van der Waals surface area contributed by atoms with Crippen LogP contribution in [0.4, 0.5) is 10.1 Å². The Bertz CT molecular complexity index is 1490. The lowest BCUT2D eigenvalue weighted by molar-refractivity contribution is -0.118. The van der Waals surface area contributed by atoms with Crippen molar-refractivity contribution in [1.29, 1.82) is 5.26 Å². The average Bonchev–Trinajstić information content (AvgIpc) is 3.26. The van der Waals surface area contributed by atoms with E-state index in [1.54, 1.807) is 37.3 Å². The molecule has 1 amide bonds. The Kier molecular flexibility index (Phi) is 7.02. The zero-order valence-electron chi connectivity index (χ0n) is 20.4. The molecule has 0 aliphatic carbocycles. The number of halogens is 1. The summed E-state index contributed by atoms with van der Waals surface area (Å²) < 4.78 is 24.5. The molecule has 4 aromatic rings. The summed E-state index contributed by atoms with van der Waals surface area (Å²) in [6, 6.07) is 15.5. The van der Waals surface area contributed by atoms with Crippen molar-refractivity contribution >= 4 is 34.3 Å². The number of carbonyl (C=O) groups excluding carboxylic acids is 1. The minimum atomic E-state index is -0.438. The van der Waals surface area contributed by atoms with Crippen molar-refractivity contribution in [2.45, 2.75) is 20.8 Å². The number of benzene rings is 3. The van der Waals surface area contributed by atoms with Gasteiger partial charge in [-0.05, 0) is 85.5 Å². The van der Waals surface area contributed by atoms with E-state index in [-0.39, 0.29) is 6.61 Å². The monoisotopic (exact) mass is 484 g/mol. The first-order chi connectivity index (χ1) is 17.3. The molecule has 0 fully saturated rings. The molecular weight excluding hydrogens is 459 g/mol. The summed E-state index contributed by atoms with van der Waals surface area (Å²) in [5.74, 6) is 0.352. The maximum absolute atomic E-state index is 13.5. The van der Waals surface area contributed by atoms with Gasteiger partial charge in [-0.15, -0.1) is 0 Å². The second-order valence-corrected chi connectivity index (χ2v) is 8.42. The van der Waals surface area contributed by atoms with Crippen LogP contribution in [0.2, 0.25) is 0 Å². The average molecular weight is 485 g/mol. The van der Waals surface area contributed by atoms with Gasteiger partial charge in [-0.3, -0.25) is 4.79 Å². The SMILES string of the molecule is COc1cc(/C=C(\C#N)c2nc3cc(C)c(C)cc3[nH]2)ccc1OCC(=O)Nc1cc(F)ccc1C. The van der Waals surface area contributed by atoms with E-state index in [0.717, 1.165) is 27.7 Å². The number of H-pyrrole nitrogens is 1. The van der Waals surface area contributed by atoms with Gasteiger partial charge in [0.1, 0.15) is 17.7 Å². The molecule has 2 N–H and O–H groups in total. The molecule has 0 bridgehead atoms. The van der Waals surface area contributed by atoms with Gasteiger partial charge in [0.05, 0.1) is 23.7 Å². The third-order valence-electron chi connectivity index (χ3n) is 5.80. The number of nitriles is 1. The van der Waals surface area contributed by atoms with Crippen LogP contribution in [-0.4, -0.2) is 29.6 Å². The van der Waals surface area contributed by atoms with E-state index in [0.29, 0.717) is 34.1 Å². The number of hydrogen-bond acceptors (Lipinski definition) is 5. The van der Waals surface area contributed by atoms with Crippen LogP contribution in [0.25, 0.3) is 22.7 Å². The fourth-order valence-corrected chi connectivity index (χ4v) is 3.67. The van der Waals surface area contributed by atoms with Crippen molar-refractivity contribution in [2.75, 3.05) is 19.0 Å². The zero-order chi connectivity index (χ0) is 25.8. The number of ether oxygens (including phenoxy) is 2. The summed E-state index contributed by atoms with van der Waals surface area (Å²) >= 11 is 0. The number of hydrogen-bond donors (Lipinski definition) is 2. The smallest absolute Gasteiger partial charge is 0.262 e. The summed E-state index contributed by atoms with van der Waals surface area (Å²) in [5.41, 5.74) is 6.11. The summed E-state index contributed by atoms with van der Waals surface area (Å²) in [4.78, 5) is 20.1. The Morgan fingerprint density at radius 2 is 1.86 bits per heavy atom. The molecule has 1 aromatic heterocycles. The van der Waals surface area contributed by atoms with E-state index < -0.39 is 11.7 Å². The predicted octanol–water partition coefficient (Wildman–Crippen LogP) is 5.72. The zero-order valence-corrected chi connectivity index (χ0v) is 20.4. The van der Waals surface area contributed by atoms with E-state index in [4.69, 9.17) is 9.47 Å². The molecule has 0 atom stereocenters. The van der Waals surface area contributed by atoms with Gasteiger partial charge in [0.2, 0.25) is 0 Å². The van der Waals surface area contributed by atoms with E-state index in [1.807, 2.05) is 26.0 Å². The van der Waals surface area contributed by atoms with Gasteiger partial charge in [-0.2, -0.15) is 5.26 Å². The maximum atomic E-state index is 13.5. The molecule has 8 heteroatoms. The van der Waals surface area contributed by atoms with Gasteiger partial charge in [0, 0.05) is 5.69 Å². The molecule has 0 spiro atoms. The number of nitrogens with zero attached hydrogens (tertiary/aromatic N) is 2. The summed E-state index contributed by atoms with van der Waals surface area (Å²) in [7, 11) is 1.49. The number of methoxy groups -OCH3 is 1. The number of nitrogens with one attached hydrogen (secondary N) is 2. The second kappa shape index (κ2) is 10.3. The lowest BCUT2D eigenvalue weighted by Gasteiger charge is -2.12. The van der Waals surface area contributed by atoms with Gasteiger partial charge >= 0.3 is 0 Å². The Morgan fingerprint density at radius 1 is 1.08 bits per heavy atom. The number of rotatable bonds is 7. The van der Waals surface area contributed by atoms with Crippen LogP contribution < -0.4 is 14.8 Å². The fraction of sp³-hybridized carbons (Fsp3) is 0.179. The molecule has 4 rings (SSSR count). The molecular formula is C28H25FN4O3. The summed E-state index contributed by atoms with van der Waals surface area (Å²) in [6.45, 7) is 5.53. The number of aromatic nitrogens is 2. The molecule has 0 unspecified atom stereocenters. The Hall–Kier alpha value is -4.64. The highest BCUT2D eigenvalue weighted by molar-refractivity contribution is 5.93. The molecule has 0 saturated heterocycles. The molecule has 1 heterocycles. The predicted molar refractivity (Wildman–Crippen MR) is 137 cm³/mol. The normalized spacial score (nSPS) is 11.3. The molecule has 0 aliphatic rings. The minimum Gasteiger partial charge on any atom is -0.493 e. The highest BCUT2D eigenvalue weighted by Gasteiger charge is 2.13. The van der Waals surface area contributed by atoms with Crippen LogP contribution in [0, 0.1) is 37.9 Å². The number of fused-ring (bicyclic) bond motifs is 1. The van der Waals surface area contributed by atoms with Gasteiger partial charge in [-0.25, -0.2) is 9.37 Å². The van der Waals surface area contributed by atoms with Crippen molar-refractivity contribution in [3.63, 3.8) is 0 Å².